The Balaban J connectivity index is 3.02. The van der Waals surface area contributed by atoms with Gasteiger partial charge in [0.15, 0.2) is 12.4 Å². The molecule has 0 aliphatic rings. The summed E-state index contributed by atoms with van der Waals surface area (Å²) in [6.07, 6.45) is -6.80. The maximum atomic E-state index is 13.1. The monoisotopic (exact) mass is 250 g/mol. The summed E-state index contributed by atoms with van der Waals surface area (Å²) in [6.45, 7) is 1.29. The first-order valence-corrected chi connectivity index (χ1v) is 4.87. The summed E-state index contributed by atoms with van der Waals surface area (Å²) in [7, 11) is 0. The van der Waals surface area contributed by atoms with Gasteiger partial charge in [0.1, 0.15) is 11.6 Å². The van der Waals surface area contributed by atoms with Crippen LogP contribution >= 0.6 is 0 Å². The van der Waals surface area contributed by atoms with E-state index >= 15 is 0 Å². The van der Waals surface area contributed by atoms with Crippen LogP contribution in [0, 0.1) is 5.82 Å². The molecule has 2 nitrogen and oxygen atoms in total. The Morgan fingerprint density at radius 3 is 2.53 bits per heavy atom. The van der Waals surface area contributed by atoms with E-state index in [-0.39, 0.29) is 12.7 Å². The van der Waals surface area contributed by atoms with Crippen molar-refractivity contribution < 1.29 is 27.1 Å². The molecular formula is C11H10F4O2. The number of ether oxygens (including phenoxy) is 1. The summed E-state index contributed by atoms with van der Waals surface area (Å²) in [5, 5.41) is 0. The molecule has 94 valence electrons. The summed E-state index contributed by atoms with van der Waals surface area (Å²) in [5.74, 6) is -1.31. The van der Waals surface area contributed by atoms with Crippen molar-refractivity contribution in [1.29, 1.82) is 0 Å². The van der Waals surface area contributed by atoms with Crippen LogP contribution in [-0.2, 0) is 0 Å². The molecule has 0 aromatic heterocycles. The van der Waals surface area contributed by atoms with E-state index in [0.29, 0.717) is 0 Å². The molecule has 17 heavy (non-hydrogen) atoms. The van der Waals surface area contributed by atoms with Crippen LogP contribution in [0.3, 0.4) is 0 Å². The zero-order valence-corrected chi connectivity index (χ0v) is 8.92. The number of alkyl halides is 3. The zero-order valence-electron chi connectivity index (χ0n) is 8.92. The van der Waals surface area contributed by atoms with E-state index in [9.17, 15) is 22.4 Å². The van der Waals surface area contributed by atoms with Crippen LogP contribution in [0.1, 0.15) is 23.7 Å². The van der Waals surface area contributed by atoms with Gasteiger partial charge in [-0.3, -0.25) is 4.79 Å². The molecule has 0 spiro atoms. The topological polar surface area (TPSA) is 26.3 Å². The third kappa shape index (κ3) is 3.18. The lowest BCUT2D eigenvalue weighted by atomic mass is 10.2. The number of hydrogen-bond donors (Lipinski definition) is 0. The van der Waals surface area contributed by atoms with Gasteiger partial charge in [0.05, 0.1) is 5.56 Å². The molecule has 0 bridgehead atoms. The van der Waals surface area contributed by atoms with Crippen LogP contribution in [-0.4, -0.2) is 18.6 Å². The number of benzene rings is 1. The number of carbonyl (C=O) groups is 1. The van der Waals surface area contributed by atoms with E-state index in [4.69, 9.17) is 0 Å². The van der Waals surface area contributed by atoms with Gasteiger partial charge in [0, 0.05) is 0 Å². The van der Waals surface area contributed by atoms with Gasteiger partial charge in [-0.15, -0.1) is 0 Å². The lowest BCUT2D eigenvalue weighted by Crippen LogP contribution is -2.34. The fourth-order valence-corrected chi connectivity index (χ4v) is 1.27. The van der Waals surface area contributed by atoms with Gasteiger partial charge in [-0.1, -0.05) is 13.0 Å². The molecule has 1 unspecified atom stereocenters. The van der Waals surface area contributed by atoms with E-state index in [2.05, 4.69) is 4.74 Å². The molecule has 0 saturated carbocycles. The zero-order chi connectivity index (χ0) is 13.1. The minimum Gasteiger partial charge on any atom is -0.480 e. The maximum absolute atomic E-state index is 13.1. The Hall–Kier alpha value is -1.59. The van der Waals surface area contributed by atoms with Crippen LogP contribution in [0.15, 0.2) is 18.2 Å². The first-order valence-electron chi connectivity index (χ1n) is 4.87. The van der Waals surface area contributed by atoms with Gasteiger partial charge >= 0.3 is 6.18 Å². The average Bonchev–Trinajstić information content (AvgIpc) is 2.24. The molecule has 6 heteroatoms. The van der Waals surface area contributed by atoms with Gasteiger partial charge in [-0.2, -0.15) is 13.2 Å². The van der Waals surface area contributed by atoms with Gasteiger partial charge in [-0.05, 0) is 18.6 Å². The molecule has 0 heterocycles. The molecular weight excluding hydrogens is 240 g/mol. The Morgan fingerprint density at radius 2 is 2.06 bits per heavy atom. The summed E-state index contributed by atoms with van der Waals surface area (Å²) < 4.78 is 55.0. The third-order valence-corrected chi connectivity index (χ3v) is 2.14. The van der Waals surface area contributed by atoms with Crippen LogP contribution in [0.4, 0.5) is 17.6 Å². The Labute approximate surface area is 95.2 Å². The van der Waals surface area contributed by atoms with E-state index in [0.717, 1.165) is 12.1 Å². The highest BCUT2D eigenvalue weighted by Crippen LogP contribution is 2.29. The lowest BCUT2D eigenvalue weighted by Gasteiger charge is -2.21. The van der Waals surface area contributed by atoms with E-state index in [1.165, 1.54) is 13.0 Å². The quantitative estimate of drug-likeness (QED) is 0.605. The second-order valence-corrected chi connectivity index (χ2v) is 3.33. The minimum atomic E-state index is -4.55. The fraction of sp³-hybridized carbons (Fsp3) is 0.364. The van der Waals surface area contributed by atoms with Crippen molar-refractivity contribution in [3.05, 3.63) is 29.6 Å². The standard InChI is InChI=1S/C11H10F4O2/c1-2-10(11(13,14)15)17-9-5-3-4-8(12)7(9)6-16/h3-6,10H,2H2,1H3. The van der Waals surface area contributed by atoms with Crippen LogP contribution in [0.5, 0.6) is 5.75 Å². The predicted octanol–water partition coefficient (Wildman–Crippen LogP) is 3.36. The molecule has 0 aliphatic carbocycles. The Kier molecular flexibility index (Phi) is 4.09. The van der Waals surface area contributed by atoms with Crippen molar-refractivity contribution >= 4 is 6.29 Å². The molecule has 1 atom stereocenters. The van der Waals surface area contributed by atoms with E-state index < -0.39 is 29.4 Å². The second kappa shape index (κ2) is 5.16. The Morgan fingerprint density at radius 1 is 1.41 bits per heavy atom. The maximum Gasteiger partial charge on any atom is 0.425 e. The molecule has 0 N–H and O–H groups in total. The summed E-state index contributed by atoms with van der Waals surface area (Å²) in [5.41, 5.74) is -0.504. The van der Waals surface area contributed by atoms with Crippen molar-refractivity contribution in [2.45, 2.75) is 25.6 Å². The largest absolute Gasteiger partial charge is 0.480 e. The molecule has 0 amide bonds. The number of halogens is 4. The van der Waals surface area contributed by atoms with E-state index in [1.807, 2.05) is 0 Å². The molecule has 1 rings (SSSR count). The van der Waals surface area contributed by atoms with Crippen LogP contribution < -0.4 is 4.74 Å². The average molecular weight is 250 g/mol. The summed E-state index contributed by atoms with van der Waals surface area (Å²) in [6, 6.07) is 3.28. The SMILES string of the molecule is CCC(Oc1cccc(F)c1C=O)C(F)(F)F. The van der Waals surface area contributed by atoms with Crippen molar-refractivity contribution in [3.8, 4) is 5.75 Å². The van der Waals surface area contributed by atoms with Crippen molar-refractivity contribution in [3.63, 3.8) is 0 Å². The lowest BCUT2D eigenvalue weighted by molar-refractivity contribution is -0.195. The van der Waals surface area contributed by atoms with Gasteiger partial charge in [0.25, 0.3) is 0 Å². The molecule has 0 fully saturated rings. The van der Waals surface area contributed by atoms with Crippen molar-refractivity contribution in [2.24, 2.45) is 0 Å². The Bertz CT molecular complexity index is 401. The van der Waals surface area contributed by atoms with Gasteiger partial charge < -0.3 is 4.74 Å². The number of rotatable bonds is 4. The summed E-state index contributed by atoms with van der Waals surface area (Å²) in [4.78, 5) is 10.6. The number of aldehydes is 1. The number of carbonyl (C=O) groups excluding carboxylic acids is 1. The van der Waals surface area contributed by atoms with Crippen LogP contribution in [0.2, 0.25) is 0 Å². The minimum absolute atomic E-state index is 0.133. The smallest absolute Gasteiger partial charge is 0.425 e. The van der Waals surface area contributed by atoms with Gasteiger partial charge in [-0.25, -0.2) is 4.39 Å². The predicted molar refractivity (Wildman–Crippen MR) is 52.5 cm³/mol. The van der Waals surface area contributed by atoms with Crippen molar-refractivity contribution in [2.75, 3.05) is 0 Å². The fourth-order valence-electron chi connectivity index (χ4n) is 1.27. The third-order valence-electron chi connectivity index (χ3n) is 2.14. The number of hydrogen-bond acceptors (Lipinski definition) is 2. The van der Waals surface area contributed by atoms with E-state index in [1.54, 1.807) is 0 Å². The molecule has 1 aromatic rings. The molecule has 0 aliphatic heterocycles. The molecule has 1 aromatic carbocycles. The molecule has 0 radical (unpaired) electrons. The highest BCUT2D eigenvalue weighted by Gasteiger charge is 2.40. The molecule has 0 saturated heterocycles. The van der Waals surface area contributed by atoms with Crippen molar-refractivity contribution in [1.82, 2.24) is 0 Å². The van der Waals surface area contributed by atoms with Gasteiger partial charge in [0.2, 0.25) is 0 Å². The van der Waals surface area contributed by atoms with Crippen LogP contribution in [0.25, 0.3) is 0 Å². The highest BCUT2D eigenvalue weighted by atomic mass is 19.4. The summed E-state index contributed by atoms with van der Waals surface area (Å²) >= 11 is 0. The first kappa shape index (κ1) is 13.5. The normalized spacial score (nSPS) is 13.2. The highest BCUT2D eigenvalue weighted by molar-refractivity contribution is 5.79. The second-order valence-electron chi connectivity index (χ2n) is 3.33. The first-order chi connectivity index (χ1) is 7.90.